The fraction of sp³-hybridized carbons (Fsp3) is 0.400. The van der Waals surface area contributed by atoms with Crippen LogP contribution in [-0.4, -0.2) is 4.98 Å². The van der Waals surface area contributed by atoms with Crippen LogP contribution in [0.3, 0.4) is 0 Å². The summed E-state index contributed by atoms with van der Waals surface area (Å²) in [7, 11) is 0. The molecule has 0 unspecified atom stereocenters. The van der Waals surface area contributed by atoms with Gasteiger partial charge in [-0.3, -0.25) is 0 Å². The van der Waals surface area contributed by atoms with E-state index in [-0.39, 0.29) is 5.41 Å². The van der Waals surface area contributed by atoms with Gasteiger partial charge in [0.2, 0.25) is 0 Å². The van der Waals surface area contributed by atoms with E-state index in [1.54, 1.807) is 0 Å². The minimum absolute atomic E-state index is 0.192. The molecular weight excluding hydrogens is 254 g/mol. The number of benzene rings is 2. The lowest BCUT2D eigenvalue weighted by molar-refractivity contribution is 0.591. The van der Waals surface area contributed by atoms with Crippen molar-refractivity contribution in [2.75, 3.05) is 0 Å². The van der Waals surface area contributed by atoms with Crippen LogP contribution in [0.25, 0.3) is 21.8 Å². The van der Waals surface area contributed by atoms with Crippen molar-refractivity contribution in [3.63, 3.8) is 0 Å². The number of hydrogen-bond donors (Lipinski definition) is 1. The summed E-state index contributed by atoms with van der Waals surface area (Å²) in [5, 5.41) is 2.72. The molecule has 0 fully saturated rings. The molecule has 0 aliphatic heterocycles. The molecule has 21 heavy (non-hydrogen) atoms. The summed E-state index contributed by atoms with van der Waals surface area (Å²) in [6, 6.07) is 13.7. The highest BCUT2D eigenvalue weighted by Crippen LogP contribution is 2.31. The molecule has 2 aromatic carbocycles. The molecule has 110 valence electrons. The van der Waals surface area contributed by atoms with Crippen LogP contribution in [0.4, 0.5) is 0 Å². The highest BCUT2D eigenvalue weighted by molar-refractivity contribution is 6.07. The zero-order valence-corrected chi connectivity index (χ0v) is 13.6. The molecule has 0 spiro atoms. The maximum absolute atomic E-state index is 3.54. The van der Waals surface area contributed by atoms with Crippen molar-refractivity contribution in [2.24, 2.45) is 0 Å². The van der Waals surface area contributed by atoms with Crippen LogP contribution in [-0.2, 0) is 11.8 Å². The number of aromatic amines is 1. The fourth-order valence-corrected chi connectivity index (χ4v) is 2.95. The van der Waals surface area contributed by atoms with E-state index in [0.717, 1.165) is 0 Å². The van der Waals surface area contributed by atoms with Crippen molar-refractivity contribution in [3.05, 3.63) is 47.5 Å². The molecule has 1 nitrogen and oxygen atoms in total. The Kier molecular flexibility index (Phi) is 3.52. The number of H-pyrrole nitrogens is 1. The number of aromatic nitrogens is 1. The van der Waals surface area contributed by atoms with E-state index < -0.39 is 0 Å². The van der Waals surface area contributed by atoms with E-state index >= 15 is 0 Å². The Morgan fingerprint density at radius 3 is 2.24 bits per heavy atom. The molecule has 0 aliphatic rings. The zero-order chi connectivity index (χ0) is 15.0. The van der Waals surface area contributed by atoms with E-state index in [0.29, 0.717) is 0 Å². The van der Waals surface area contributed by atoms with Crippen molar-refractivity contribution in [1.82, 2.24) is 4.98 Å². The van der Waals surface area contributed by atoms with Gasteiger partial charge < -0.3 is 4.98 Å². The molecule has 3 aromatic rings. The largest absolute Gasteiger partial charge is 0.355 e. The van der Waals surface area contributed by atoms with Gasteiger partial charge >= 0.3 is 0 Å². The summed E-state index contributed by atoms with van der Waals surface area (Å²) in [5.74, 6) is 0. The van der Waals surface area contributed by atoms with Gasteiger partial charge in [0, 0.05) is 21.8 Å². The van der Waals surface area contributed by atoms with Crippen molar-refractivity contribution in [3.8, 4) is 0 Å². The quantitative estimate of drug-likeness (QED) is 0.608. The predicted octanol–water partition coefficient (Wildman–Crippen LogP) is 5.96. The third-order valence-electron chi connectivity index (χ3n) is 4.35. The van der Waals surface area contributed by atoms with Crippen molar-refractivity contribution >= 4 is 21.8 Å². The number of fused-ring (bicyclic) bond motifs is 3. The van der Waals surface area contributed by atoms with Gasteiger partial charge in [-0.1, -0.05) is 46.2 Å². The summed E-state index contributed by atoms with van der Waals surface area (Å²) < 4.78 is 0. The van der Waals surface area contributed by atoms with Gasteiger partial charge in [-0.25, -0.2) is 0 Å². The monoisotopic (exact) mass is 279 g/mol. The Morgan fingerprint density at radius 2 is 1.57 bits per heavy atom. The number of rotatable bonds is 3. The lowest BCUT2D eigenvalue weighted by atomic mass is 9.86. The molecule has 0 aliphatic carbocycles. The van der Waals surface area contributed by atoms with Crippen LogP contribution in [0.2, 0.25) is 0 Å². The average molecular weight is 279 g/mol. The van der Waals surface area contributed by atoms with Gasteiger partial charge in [0.25, 0.3) is 0 Å². The minimum Gasteiger partial charge on any atom is -0.355 e. The Balaban J connectivity index is 2.16. The van der Waals surface area contributed by atoms with Gasteiger partial charge in [0.05, 0.1) is 0 Å². The predicted molar refractivity (Wildman–Crippen MR) is 93.1 cm³/mol. The number of nitrogens with one attached hydrogen (secondary N) is 1. The van der Waals surface area contributed by atoms with Gasteiger partial charge in [-0.2, -0.15) is 0 Å². The summed E-state index contributed by atoms with van der Waals surface area (Å²) in [6.07, 6.45) is 3.69. The first-order chi connectivity index (χ1) is 9.99. The van der Waals surface area contributed by atoms with E-state index in [1.165, 1.54) is 52.2 Å². The molecule has 0 amide bonds. The van der Waals surface area contributed by atoms with Crippen LogP contribution in [0.15, 0.2) is 36.4 Å². The zero-order valence-electron chi connectivity index (χ0n) is 13.6. The lowest BCUT2D eigenvalue weighted by Gasteiger charge is -2.18. The van der Waals surface area contributed by atoms with E-state index in [1.807, 2.05) is 0 Å². The number of aryl methyl sites for hydroxylation is 1. The normalized spacial score (nSPS) is 12.4. The van der Waals surface area contributed by atoms with Crippen molar-refractivity contribution in [1.29, 1.82) is 0 Å². The maximum Gasteiger partial charge on any atom is 0.0465 e. The molecule has 0 radical (unpaired) electrons. The van der Waals surface area contributed by atoms with E-state index in [4.69, 9.17) is 0 Å². The second kappa shape index (κ2) is 5.22. The van der Waals surface area contributed by atoms with E-state index in [9.17, 15) is 0 Å². The molecule has 0 atom stereocenters. The Morgan fingerprint density at radius 1 is 0.905 bits per heavy atom. The molecule has 1 aromatic heterocycles. The van der Waals surface area contributed by atoms with Gasteiger partial charge in [-0.05, 0) is 53.6 Å². The van der Waals surface area contributed by atoms with Crippen molar-refractivity contribution in [2.45, 2.75) is 52.4 Å². The lowest BCUT2D eigenvalue weighted by Crippen LogP contribution is -2.10. The first-order valence-electron chi connectivity index (χ1n) is 8.04. The first-order valence-corrected chi connectivity index (χ1v) is 8.04. The number of hydrogen-bond acceptors (Lipinski definition) is 0. The van der Waals surface area contributed by atoms with Crippen LogP contribution in [0.1, 0.15) is 51.7 Å². The third kappa shape index (κ3) is 2.70. The summed E-state index contributed by atoms with van der Waals surface area (Å²) >= 11 is 0. The Bertz CT molecular complexity index is 771. The number of unbranched alkanes of at least 4 members (excludes halogenated alkanes) is 1. The Labute approximate surface area is 127 Å². The molecule has 0 bridgehead atoms. The smallest absolute Gasteiger partial charge is 0.0465 e. The van der Waals surface area contributed by atoms with Crippen molar-refractivity contribution < 1.29 is 0 Å². The summed E-state index contributed by atoms with van der Waals surface area (Å²) in [4.78, 5) is 3.54. The molecule has 1 heterocycles. The summed E-state index contributed by atoms with van der Waals surface area (Å²) in [5.41, 5.74) is 5.53. The topological polar surface area (TPSA) is 15.8 Å². The standard InChI is InChI=1S/C20H25N/c1-5-6-7-14-8-10-18-16(12-14)17-13-15(20(2,3)4)9-11-19(17)21-18/h8-13,21H,5-7H2,1-4H3. The maximum atomic E-state index is 3.54. The second-order valence-electron chi connectivity index (χ2n) is 7.12. The van der Waals surface area contributed by atoms with Crippen LogP contribution >= 0.6 is 0 Å². The molecular formula is C20H25N. The van der Waals surface area contributed by atoms with Crippen LogP contribution < -0.4 is 0 Å². The SMILES string of the molecule is CCCCc1ccc2[nH]c3ccc(C(C)(C)C)cc3c2c1. The molecule has 1 N–H and O–H groups in total. The molecule has 3 rings (SSSR count). The average Bonchev–Trinajstić information content (AvgIpc) is 2.81. The highest BCUT2D eigenvalue weighted by Gasteiger charge is 2.15. The fourth-order valence-electron chi connectivity index (χ4n) is 2.95. The Hall–Kier alpha value is -1.76. The van der Waals surface area contributed by atoms with Gasteiger partial charge in [-0.15, -0.1) is 0 Å². The second-order valence-corrected chi connectivity index (χ2v) is 7.12. The molecule has 0 saturated heterocycles. The third-order valence-corrected chi connectivity index (χ3v) is 4.35. The van der Waals surface area contributed by atoms with Crippen LogP contribution in [0, 0.1) is 0 Å². The highest BCUT2D eigenvalue weighted by atomic mass is 14.7. The van der Waals surface area contributed by atoms with Crippen LogP contribution in [0.5, 0.6) is 0 Å². The molecule has 1 heteroatoms. The summed E-state index contributed by atoms with van der Waals surface area (Å²) in [6.45, 7) is 9.07. The van der Waals surface area contributed by atoms with Gasteiger partial charge in [0.15, 0.2) is 0 Å². The van der Waals surface area contributed by atoms with E-state index in [2.05, 4.69) is 69.1 Å². The molecule has 0 saturated carbocycles. The van der Waals surface area contributed by atoms with Gasteiger partial charge in [0.1, 0.15) is 0 Å². The minimum atomic E-state index is 0.192. The first kappa shape index (κ1) is 14.2.